The minimum atomic E-state index is -0.347. The molecule has 3 aromatic rings. The fourth-order valence-corrected chi connectivity index (χ4v) is 3.43. The number of anilines is 2. The van der Waals surface area contributed by atoms with E-state index < -0.39 is 0 Å². The van der Waals surface area contributed by atoms with Crippen LogP contribution in [0, 0.1) is 0 Å². The van der Waals surface area contributed by atoms with Gasteiger partial charge in [-0.15, -0.1) is 0 Å². The monoisotopic (exact) mass is 420 g/mol. The summed E-state index contributed by atoms with van der Waals surface area (Å²) in [7, 11) is 0. The van der Waals surface area contributed by atoms with Crippen molar-refractivity contribution in [3.63, 3.8) is 0 Å². The summed E-state index contributed by atoms with van der Waals surface area (Å²) in [4.78, 5) is 38.6. The van der Waals surface area contributed by atoms with E-state index >= 15 is 0 Å². The SMILES string of the molecule is O=C(Nc1ccc(N2C(=O)c3ccccc3C2=O)cc1)c1ccccc1Br. The highest BCUT2D eigenvalue weighted by Crippen LogP contribution is 2.29. The van der Waals surface area contributed by atoms with Crippen molar-refractivity contribution >= 4 is 45.0 Å². The molecule has 0 aromatic heterocycles. The highest BCUT2D eigenvalue weighted by Gasteiger charge is 2.36. The molecule has 0 spiro atoms. The van der Waals surface area contributed by atoms with E-state index in [4.69, 9.17) is 0 Å². The Balaban J connectivity index is 1.55. The van der Waals surface area contributed by atoms with Crippen molar-refractivity contribution in [2.24, 2.45) is 0 Å². The zero-order valence-electron chi connectivity index (χ0n) is 14.0. The Morgan fingerprint density at radius 1 is 0.778 bits per heavy atom. The van der Waals surface area contributed by atoms with Crippen LogP contribution in [-0.2, 0) is 0 Å². The normalized spacial score (nSPS) is 12.9. The van der Waals surface area contributed by atoms with Gasteiger partial charge in [0.1, 0.15) is 0 Å². The molecule has 0 unspecified atom stereocenters. The van der Waals surface area contributed by atoms with Crippen molar-refractivity contribution in [3.8, 4) is 0 Å². The van der Waals surface area contributed by atoms with Crippen LogP contribution in [0.1, 0.15) is 31.1 Å². The molecule has 27 heavy (non-hydrogen) atoms. The first-order valence-corrected chi connectivity index (χ1v) is 8.99. The number of hydrogen-bond donors (Lipinski definition) is 1. The highest BCUT2D eigenvalue weighted by molar-refractivity contribution is 9.10. The van der Waals surface area contributed by atoms with Gasteiger partial charge in [-0.3, -0.25) is 14.4 Å². The van der Waals surface area contributed by atoms with Crippen LogP contribution < -0.4 is 10.2 Å². The smallest absolute Gasteiger partial charge is 0.266 e. The number of imide groups is 1. The lowest BCUT2D eigenvalue weighted by atomic mass is 10.1. The number of nitrogens with zero attached hydrogens (tertiary/aromatic N) is 1. The minimum absolute atomic E-state index is 0.254. The third kappa shape index (κ3) is 3.04. The molecule has 0 fully saturated rings. The fourth-order valence-electron chi connectivity index (χ4n) is 2.96. The van der Waals surface area contributed by atoms with E-state index in [1.54, 1.807) is 66.7 Å². The first-order valence-electron chi connectivity index (χ1n) is 8.20. The Bertz CT molecular complexity index is 1040. The van der Waals surface area contributed by atoms with Crippen LogP contribution in [0.25, 0.3) is 0 Å². The Hall–Kier alpha value is -3.25. The fraction of sp³-hybridized carbons (Fsp3) is 0. The van der Waals surface area contributed by atoms with E-state index in [9.17, 15) is 14.4 Å². The van der Waals surface area contributed by atoms with E-state index in [0.29, 0.717) is 32.5 Å². The number of hydrogen-bond acceptors (Lipinski definition) is 3. The molecule has 0 bridgehead atoms. The topological polar surface area (TPSA) is 66.5 Å². The lowest BCUT2D eigenvalue weighted by molar-refractivity contribution is 0.0924. The molecule has 5 nitrogen and oxygen atoms in total. The second-order valence-corrected chi connectivity index (χ2v) is 6.83. The summed E-state index contributed by atoms with van der Waals surface area (Å²) in [5, 5.41) is 2.80. The molecule has 1 aliphatic rings. The third-order valence-corrected chi connectivity index (χ3v) is 4.99. The van der Waals surface area contributed by atoms with Gasteiger partial charge in [0.05, 0.1) is 22.4 Å². The average molecular weight is 421 g/mol. The molecular weight excluding hydrogens is 408 g/mol. The largest absolute Gasteiger partial charge is 0.322 e. The van der Waals surface area contributed by atoms with E-state index in [0.717, 1.165) is 4.90 Å². The van der Waals surface area contributed by atoms with E-state index in [1.165, 1.54) is 0 Å². The predicted molar refractivity (Wildman–Crippen MR) is 106 cm³/mol. The second-order valence-electron chi connectivity index (χ2n) is 5.97. The molecule has 132 valence electrons. The summed E-state index contributed by atoms with van der Waals surface area (Å²) in [5.74, 6) is -0.947. The first-order chi connectivity index (χ1) is 13.1. The summed E-state index contributed by atoms with van der Waals surface area (Å²) in [6, 6.07) is 20.5. The maximum absolute atomic E-state index is 12.5. The Morgan fingerprint density at radius 3 is 1.93 bits per heavy atom. The molecule has 0 saturated heterocycles. The summed E-state index contributed by atoms with van der Waals surface area (Å²) in [6.45, 7) is 0. The van der Waals surface area contributed by atoms with Crippen LogP contribution in [0.5, 0.6) is 0 Å². The molecular formula is C21H13BrN2O3. The van der Waals surface area contributed by atoms with Crippen LogP contribution >= 0.6 is 15.9 Å². The number of benzene rings is 3. The van der Waals surface area contributed by atoms with Gasteiger partial charge in [-0.1, -0.05) is 24.3 Å². The Labute approximate surface area is 163 Å². The quantitative estimate of drug-likeness (QED) is 0.634. The maximum Gasteiger partial charge on any atom is 0.266 e. The van der Waals surface area contributed by atoms with Gasteiger partial charge in [-0.05, 0) is 64.5 Å². The van der Waals surface area contributed by atoms with Crippen LogP contribution in [0.4, 0.5) is 11.4 Å². The standard InChI is InChI=1S/C21H13BrN2O3/c22-18-8-4-3-7-17(18)19(25)23-13-9-11-14(12-10-13)24-20(26)15-5-1-2-6-16(15)21(24)27/h1-12H,(H,23,25). The van der Waals surface area contributed by atoms with Crippen molar-refractivity contribution in [1.29, 1.82) is 0 Å². The Kier molecular flexibility index (Phi) is 4.33. The van der Waals surface area contributed by atoms with Crippen molar-refractivity contribution in [1.82, 2.24) is 0 Å². The molecule has 0 radical (unpaired) electrons. The van der Waals surface area contributed by atoms with E-state index in [2.05, 4.69) is 21.2 Å². The molecule has 1 heterocycles. The molecule has 3 amide bonds. The van der Waals surface area contributed by atoms with Gasteiger partial charge in [0.2, 0.25) is 0 Å². The molecule has 0 saturated carbocycles. The van der Waals surface area contributed by atoms with Crippen molar-refractivity contribution in [2.75, 3.05) is 10.2 Å². The van der Waals surface area contributed by atoms with E-state index in [-0.39, 0.29) is 17.7 Å². The number of halogens is 1. The lowest BCUT2D eigenvalue weighted by Gasteiger charge is -2.14. The minimum Gasteiger partial charge on any atom is -0.322 e. The number of fused-ring (bicyclic) bond motifs is 1. The van der Waals surface area contributed by atoms with Gasteiger partial charge >= 0.3 is 0 Å². The molecule has 0 atom stereocenters. The number of rotatable bonds is 3. The van der Waals surface area contributed by atoms with Gasteiger partial charge < -0.3 is 5.32 Å². The predicted octanol–water partition coefficient (Wildman–Crippen LogP) is 4.50. The lowest BCUT2D eigenvalue weighted by Crippen LogP contribution is -2.29. The van der Waals surface area contributed by atoms with Crippen LogP contribution in [0.2, 0.25) is 0 Å². The summed E-state index contributed by atoms with van der Waals surface area (Å²) < 4.78 is 0.699. The van der Waals surface area contributed by atoms with Gasteiger partial charge in [0.25, 0.3) is 17.7 Å². The molecule has 0 aliphatic carbocycles. The van der Waals surface area contributed by atoms with Gasteiger partial charge in [-0.2, -0.15) is 0 Å². The third-order valence-electron chi connectivity index (χ3n) is 4.30. The molecule has 1 aliphatic heterocycles. The highest BCUT2D eigenvalue weighted by atomic mass is 79.9. The molecule has 3 aromatic carbocycles. The van der Waals surface area contributed by atoms with Gasteiger partial charge in [-0.25, -0.2) is 4.90 Å². The zero-order chi connectivity index (χ0) is 19.0. The van der Waals surface area contributed by atoms with Crippen molar-refractivity contribution in [2.45, 2.75) is 0 Å². The number of carbonyl (C=O) groups is 3. The first kappa shape index (κ1) is 17.2. The van der Waals surface area contributed by atoms with Crippen molar-refractivity contribution < 1.29 is 14.4 Å². The van der Waals surface area contributed by atoms with Crippen LogP contribution in [0.15, 0.2) is 77.3 Å². The molecule has 6 heteroatoms. The Morgan fingerprint density at radius 2 is 1.33 bits per heavy atom. The number of nitrogens with one attached hydrogen (secondary N) is 1. The maximum atomic E-state index is 12.5. The number of carbonyl (C=O) groups excluding carboxylic acids is 3. The average Bonchev–Trinajstić information content (AvgIpc) is 2.94. The summed E-state index contributed by atoms with van der Waals surface area (Å²) >= 11 is 3.35. The summed E-state index contributed by atoms with van der Waals surface area (Å²) in [6.07, 6.45) is 0. The van der Waals surface area contributed by atoms with E-state index in [1.807, 2.05) is 6.07 Å². The zero-order valence-corrected chi connectivity index (χ0v) is 15.6. The van der Waals surface area contributed by atoms with Crippen LogP contribution in [-0.4, -0.2) is 17.7 Å². The molecule has 1 N–H and O–H groups in total. The molecule has 4 rings (SSSR count). The van der Waals surface area contributed by atoms with Gasteiger partial charge in [0.15, 0.2) is 0 Å². The van der Waals surface area contributed by atoms with Crippen molar-refractivity contribution in [3.05, 3.63) is 94.0 Å². The summed E-state index contributed by atoms with van der Waals surface area (Å²) in [5.41, 5.74) is 2.33. The van der Waals surface area contributed by atoms with Gasteiger partial charge in [0, 0.05) is 10.2 Å². The van der Waals surface area contributed by atoms with Crippen LogP contribution in [0.3, 0.4) is 0 Å². The second kappa shape index (κ2) is 6.81. The number of amides is 3.